The molecular formula is C21H33N3O3. The van der Waals surface area contributed by atoms with Crippen LogP contribution in [-0.4, -0.2) is 51.0 Å². The van der Waals surface area contributed by atoms with E-state index in [4.69, 9.17) is 9.52 Å². The van der Waals surface area contributed by atoms with E-state index in [1.165, 1.54) is 0 Å². The van der Waals surface area contributed by atoms with E-state index in [9.17, 15) is 9.90 Å². The number of aromatic nitrogens is 1. The molecule has 150 valence electrons. The van der Waals surface area contributed by atoms with Crippen LogP contribution in [0, 0.1) is 18.3 Å². The molecule has 0 spiro atoms. The van der Waals surface area contributed by atoms with Crippen molar-refractivity contribution in [2.45, 2.75) is 84.9 Å². The number of amides is 1. The lowest BCUT2D eigenvalue weighted by atomic mass is 9.74. The maximum absolute atomic E-state index is 13.5. The van der Waals surface area contributed by atoms with Gasteiger partial charge in [0.2, 0.25) is 5.91 Å². The molecule has 2 aliphatic heterocycles. The normalized spacial score (nSPS) is 27.9. The van der Waals surface area contributed by atoms with Gasteiger partial charge >= 0.3 is 0 Å². The van der Waals surface area contributed by atoms with Crippen LogP contribution in [0.4, 0.5) is 0 Å². The standard InChI is InChI=1S/C21H33N3O3/c1-12(2)18(17-8-13(3)23-27-17)19(26)24-11-14(25)9-16(24)15-10-20(4,5)21(6,7)22-15/h8,12,14,16,18,25H,9-11H2,1-7H3/t14-,16+,18-/m1/s1. The number of carbonyl (C=O) groups excluding carboxylic acids is 1. The highest BCUT2D eigenvalue weighted by Crippen LogP contribution is 2.45. The largest absolute Gasteiger partial charge is 0.391 e. The van der Waals surface area contributed by atoms with Crippen molar-refractivity contribution in [2.75, 3.05) is 6.54 Å². The number of rotatable bonds is 4. The smallest absolute Gasteiger partial charge is 0.234 e. The summed E-state index contributed by atoms with van der Waals surface area (Å²) in [5.74, 6) is 0.262. The molecule has 27 heavy (non-hydrogen) atoms. The Morgan fingerprint density at radius 1 is 1.33 bits per heavy atom. The molecule has 0 unspecified atom stereocenters. The van der Waals surface area contributed by atoms with Gasteiger partial charge in [-0.2, -0.15) is 0 Å². The highest BCUT2D eigenvalue weighted by molar-refractivity contribution is 5.97. The maximum Gasteiger partial charge on any atom is 0.234 e. The quantitative estimate of drug-likeness (QED) is 0.875. The fourth-order valence-electron chi connectivity index (χ4n) is 4.23. The number of carbonyl (C=O) groups is 1. The van der Waals surface area contributed by atoms with E-state index in [-0.39, 0.29) is 28.8 Å². The van der Waals surface area contributed by atoms with E-state index < -0.39 is 12.0 Å². The fourth-order valence-corrected chi connectivity index (χ4v) is 4.23. The Balaban J connectivity index is 1.91. The molecule has 0 aromatic carbocycles. The average molecular weight is 376 g/mol. The number of nitrogens with zero attached hydrogens (tertiary/aromatic N) is 3. The van der Waals surface area contributed by atoms with E-state index in [0.29, 0.717) is 18.7 Å². The second kappa shape index (κ2) is 6.73. The van der Waals surface area contributed by atoms with Gasteiger partial charge in [-0.3, -0.25) is 9.79 Å². The zero-order valence-corrected chi connectivity index (χ0v) is 17.6. The summed E-state index contributed by atoms with van der Waals surface area (Å²) in [4.78, 5) is 20.3. The molecule has 2 aliphatic rings. The Labute approximate surface area is 162 Å². The lowest BCUT2D eigenvalue weighted by molar-refractivity contribution is -0.134. The number of aliphatic hydroxyl groups is 1. The van der Waals surface area contributed by atoms with E-state index in [1.54, 1.807) is 0 Å². The van der Waals surface area contributed by atoms with Crippen LogP contribution in [0.15, 0.2) is 15.6 Å². The summed E-state index contributed by atoms with van der Waals surface area (Å²) in [6.45, 7) is 15.0. The van der Waals surface area contributed by atoms with E-state index in [0.717, 1.165) is 17.8 Å². The van der Waals surface area contributed by atoms with Gasteiger partial charge < -0.3 is 14.5 Å². The minimum atomic E-state index is -0.516. The third kappa shape index (κ3) is 3.56. The third-order valence-corrected chi connectivity index (χ3v) is 6.53. The van der Waals surface area contributed by atoms with Gasteiger partial charge in [0.15, 0.2) is 0 Å². The topological polar surface area (TPSA) is 78.9 Å². The average Bonchev–Trinajstić information content (AvgIpc) is 3.16. The van der Waals surface area contributed by atoms with Crippen molar-refractivity contribution >= 4 is 11.6 Å². The Hall–Kier alpha value is -1.69. The van der Waals surface area contributed by atoms with E-state index >= 15 is 0 Å². The summed E-state index contributed by atoms with van der Waals surface area (Å²) in [5.41, 5.74) is 1.66. The molecule has 1 fully saturated rings. The van der Waals surface area contributed by atoms with Crippen molar-refractivity contribution in [3.63, 3.8) is 0 Å². The van der Waals surface area contributed by atoms with Crippen molar-refractivity contribution < 1.29 is 14.4 Å². The van der Waals surface area contributed by atoms with Crippen molar-refractivity contribution in [3.8, 4) is 0 Å². The predicted molar refractivity (Wildman–Crippen MR) is 105 cm³/mol. The second-order valence-electron chi connectivity index (χ2n) is 9.71. The van der Waals surface area contributed by atoms with Gasteiger partial charge in [-0.15, -0.1) is 0 Å². The van der Waals surface area contributed by atoms with Gasteiger partial charge in [-0.1, -0.05) is 32.9 Å². The monoisotopic (exact) mass is 375 g/mol. The van der Waals surface area contributed by atoms with Crippen LogP contribution in [-0.2, 0) is 4.79 Å². The molecule has 1 amide bonds. The predicted octanol–water partition coefficient (Wildman–Crippen LogP) is 3.33. The van der Waals surface area contributed by atoms with E-state index in [1.807, 2.05) is 31.7 Å². The van der Waals surface area contributed by atoms with Crippen molar-refractivity contribution in [1.82, 2.24) is 10.1 Å². The number of β-amino-alcohol motifs (C(OH)–C–C–N with tert-alkyl or cyclic N) is 1. The van der Waals surface area contributed by atoms with Crippen molar-refractivity contribution in [3.05, 3.63) is 17.5 Å². The first-order chi connectivity index (χ1) is 12.4. The van der Waals surface area contributed by atoms with E-state index in [2.05, 4.69) is 32.9 Å². The lowest BCUT2D eigenvalue weighted by Crippen LogP contribution is -2.44. The number of hydrogen-bond donors (Lipinski definition) is 1. The Bertz CT molecular complexity index is 748. The Morgan fingerprint density at radius 2 is 2.00 bits per heavy atom. The highest BCUT2D eigenvalue weighted by Gasteiger charge is 2.49. The molecular weight excluding hydrogens is 342 g/mol. The summed E-state index contributed by atoms with van der Waals surface area (Å²) < 4.78 is 5.43. The summed E-state index contributed by atoms with van der Waals surface area (Å²) in [6, 6.07) is 1.70. The summed E-state index contributed by atoms with van der Waals surface area (Å²) in [7, 11) is 0. The first-order valence-corrected chi connectivity index (χ1v) is 9.93. The first-order valence-electron chi connectivity index (χ1n) is 9.93. The third-order valence-electron chi connectivity index (χ3n) is 6.53. The molecule has 0 radical (unpaired) electrons. The number of aliphatic imine (C=N–C) groups is 1. The summed E-state index contributed by atoms with van der Waals surface area (Å²) >= 11 is 0. The molecule has 3 heterocycles. The molecule has 1 aromatic rings. The SMILES string of the molecule is Cc1cc([C@H](C(=O)N2C[C@H](O)C[C@H]2C2=NC(C)(C)C(C)(C)C2)C(C)C)on1. The molecule has 3 atom stereocenters. The number of aliphatic hydroxyl groups excluding tert-OH is 1. The molecule has 0 aliphatic carbocycles. The van der Waals surface area contributed by atoms with Crippen molar-refractivity contribution in [2.24, 2.45) is 16.3 Å². The van der Waals surface area contributed by atoms with Gasteiger partial charge in [-0.05, 0) is 38.5 Å². The van der Waals surface area contributed by atoms with Crippen LogP contribution in [0.25, 0.3) is 0 Å². The van der Waals surface area contributed by atoms with Gasteiger partial charge in [0.25, 0.3) is 0 Å². The van der Waals surface area contributed by atoms with Crippen molar-refractivity contribution in [1.29, 1.82) is 0 Å². The molecule has 6 heteroatoms. The zero-order valence-electron chi connectivity index (χ0n) is 17.6. The maximum atomic E-state index is 13.5. The molecule has 1 saturated heterocycles. The number of aryl methyl sites for hydroxylation is 1. The van der Waals surface area contributed by atoms with Gasteiger partial charge in [0, 0.05) is 24.7 Å². The second-order valence-corrected chi connectivity index (χ2v) is 9.71. The van der Waals surface area contributed by atoms with Crippen LogP contribution in [0.1, 0.15) is 71.8 Å². The fraction of sp³-hybridized carbons (Fsp3) is 0.762. The lowest BCUT2D eigenvalue weighted by Gasteiger charge is -2.32. The molecule has 0 bridgehead atoms. The van der Waals surface area contributed by atoms with Gasteiger partial charge in [0.05, 0.1) is 23.4 Å². The molecule has 3 rings (SSSR count). The minimum Gasteiger partial charge on any atom is -0.391 e. The molecule has 1 N–H and O–H groups in total. The minimum absolute atomic E-state index is 0.00656. The summed E-state index contributed by atoms with van der Waals surface area (Å²) in [6.07, 6.45) is 0.879. The summed E-state index contributed by atoms with van der Waals surface area (Å²) in [5, 5.41) is 14.3. The molecule has 0 saturated carbocycles. The van der Waals surface area contributed by atoms with Gasteiger partial charge in [0.1, 0.15) is 11.7 Å². The Morgan fingerprint density at radius 3 is 2.48 bits per heavy atom. The number of likely N-dealkylation sites (tertiary alicyclic amines) is 1. The molecule has 6 nitrogen and oxygen atoms in total. The first kappa shape index (κ1) is 20.1. The molecule has 1 aromatic heterocycles. The number of hydrogen-bond acceptors (Lipinski definition) is 5. The van der Waals surface area contributed by atoms with Crippen LogP contribution in [0.3, 0.4) is 0 Å². The zero-order chi connectivity index (χ0) is 20.1. The van der Waals surface area contributed by atoms with Crippen LogP contribution in [0.5, 0.6) is 0 Å². The van der Waals surface area contributed by atoms with Crippen LogP contribution >= 0.6 is 0 Å². The van der Waals surface area contributed by atoms with Crippen LogP contribution in [0.2, 0.25) is 0 Å². The highest BCUT2D eigenvalue weighted by atomic mass is 16.5. The van der Waals surface area contributed by atoms with Gasteiger partial charge in [-0.25, -0.2) is 0 Å². The Kier molecular flexibility index (Phi) is 5.00. The van der Waals surface area contributed by atoms with Crippen LogP contribution < -0.4 is 0 Å².